The second-order valence-electron chi connectivity index (χ2n) is 10.4. The third-order valence-corrected chi connectivity index (χ3v) is 6.33. The third kappa shape index (κ3) is 7.59. The quantitative estimate of drug-likeness (QED) is 0.262. The van der Waals surface area contributed by atoms with Gasteiger partial charge in [0.2, 0.25) is 0 Å². The summed E-state index contributed by atoms with van der Waals surface area (Å²) in [5, 5.41) is 3.29. The first-order valence-electron chi connectivity index (χ1n) is 13.0. The lowest BCUT2D eigenvalue weighted by atomic mass is 10.1. The SMILES string of the molecule is COc1cc(C)ccc1Cn1c(COc2ccc(F)c(Cl)c2)nc2c(CNCC(=O)OC(C)(C)C)nccc2c1=O. The van der Waals surface area contributed by atoms with Gasteiger partial charge in [0.1, 0.15) is 35.0 Å². The number of hydrogen-bond donors (Lipinski definition) is 1. The largest absolute Gasteiger partial charge is 0.496 e. The van der Waals surface area contributed by atoms with E-state index in [2.05, 4.69) is 10.3 Å². The van der Waals surface area contributed by atoms with Gasteiger partial charge in [-0.3, -0.25) is 19.1 Å². The van der Waals surface area contributed by atoms with Gasteiger partial charge in [-0.05, 0) is 57.5 Å². The van der Waals surface area contributed by atoms with Crippen LogP contribution >= 0.6 is 11.6 Å². The predicted molar refractivity (Wildman–Crippen MR) is 154 cm³/mol. The number of methoxy groups -OCH3 is 1. The van der Waals surface area contributed by atoms with Crippen LogP contribution in [0, 0.1) is 12.7 Å². The lowest BCUT2D eigenvalue weighted by Crippen LogP contribution is -2.32. The summed E-state index contributed by atoms with van der Waals surface area (Å²) in [5.41, 5.74) is 1.74. The van der Waals surface area contributed by atoms with Gasteiger partial charge in [-0.1, -0.05) is 23.7 Å². The van der Waals surface area contributed by atoms with Crippen LogP contribution in [0.25, 0.3) is 10.9 Å². The van der Waals surface area contributed by atoms with Crippen LogP contribution in [0.5, 0.6) is 11.5 Å². The van der Waals surface area contributed by atoms with E-state index in [1.165, 1.54) is 29.0 Å². The minimum absolute atomic E-state index is 0.0408. The van der Waals surface area contributed by atoms with E-state index in [1.807, 2.05) is 25.1 Å². The smallest absolute Gasteiger partial charge is 0.320 e. The average Bonchev–Trinajstić information content (AvgIpc) is 2.91. The van der Waals surface area contributed by atoms with E-state index < -0.39 is 17.4 Å². The summed E-state index contributed by atoms with van der Waals surface area (Å²) in [5.74, 6) is 0.284. The maximum Gasteiger partial charge on any atom is 0.320 e. The Hall–Kier alpha value is -4.02. The van der Waals surface area contributed by atoms with Crippen molar-refractivity contribution in [1.29, 1.82) is 0 Å². The highest BCUT2D eigenvalue weighted by Gasteiger charge is 2.19. The Labute approximate surface area is 242 Å². The standard InChI is InChI=1S/C30H32ClFN4O5/c1-18-6-7-19(25(12-18)39-5)16-36-26(17-40-20-8-9-23(32)22(31)13-20)35-28-21(29(36)38)10-11-34-24(28)14-33-15-27(37)41-30(2,3)4/h6-13,33H,14-17H2,1-5H3. The predicted octanol–water partition coefficient (Wildman–Crippen LogP) is 4.96. The molecule has 1 N–H and O–H groups in total. The molecule has 2 aromatic heterocycles. The fourth-order valence-corrected chi connectivity index (χ4v) is 4.35. The van der Waals surface area contributed by atoms with E-state index in [9.17, 15) is 14.0 Å². The Morgan fingerprint density at radius 1 is 1.15 bits per heavy atom. The fraction of sp³-hybridized carbons (Fsp3) is 0.333. The van der Waals surface area contributed by atoms with Crippen molar-refractivity contribution in [3.63, 3.8) is 0 Å². The highest BCUT2D eigenvalue weighted by atomic mass is 35.5. The normalized spacial score (nSPS) is 11.5. The number of nitrogens with zero attached hydrogens (tertiary/aromatic N) is 3. The van der Waals surface area contributed by atoms with E-state index >= 15 is 0 Å². The number of esters is 1. The highest BCUT2D eigenvalue weighted by Crippen LogP contribution is 2.24. The van der Waals surface area contributed by atoms with Crippen LogP contribution in [0.2, 0.25) is 5.02 Å². The van der Waals surface area contributed by atoms with E-state index in [4.69, 9.17) is 30.8 Å². The third-order valence-electron chi connectivity index (χ3n) is 6.04. The molecule has 4 rings (SSSR count). The second kappa shape index (κ2) is 12.7. The molecule has 0 bridgehead atoms. The number of carbonyl (C=O) groups is 1. The Kier molecular flexibility index (Phi) is 9.25. The zero-order valence-electron chi connectivity index (χ0n) is 23.6. The zero-order chi connectivity index (χ0) is 29.7. The molecular weight excluding hydrogens is 551 g/mol. The number of carbonyl (C=O) groups excluding carboxylic acids is 1. The molecule has 11 heteroatoms. The summed E-state index contributed by atoms with van der Waals surface area (Å²) in [6, 6.07) is 11.3. The Bertz CT molecular complexity index is 1630. The summed E-state index contributed by atoms with van der Waals surface area (Å²) in [4.78, 5) is 35.2. The van der Waals surface area contributed by atoms with Gasteiger partial charge in [0, 0.05) is 24.4 Å². The average molecular weight is 583 g/mol. The van der Waals surface area contributed by atoms with Crippen molar-refractivity contribution in [2.24, 2.45) is 0 Å². The van der Waals surface area contributed by atoms with Crippen LogP contribution in [-0.4, -0.2) is 39.8 Å². The van der Waals surface area contributed by atoms with Gasteiger partial charge in [0.15, 0.2) is 5.82 Å². The van der Waals surface area contributed by atoms with Gasteiger partial charge < -0.3 is 19.5 Å². The van der Waals surface area contributed by atoms with E-state index in [-0.39, 0.29) is 36.8 Å². The van der Waals surface area contributed by atoms with Crippen molar-refractivity contribution < 1.29 is 23.4 Å². The number of benzene rings is 2. The van der Waals surface area contributed by atoms with Gasteiger partial charge in [-0.25, -0.2) is 9.37 Å². The molecule has 216 valence electrons. The Morgan fingerprint density at radius 2 is 1.93 bits per heavy atom. The Morgan fingerprint density at radius 3 is 2.63 bits per heavy atom. The number of aromatic nitrogens is 3. The zero-order valence-corrected chi connectivity index (χ0v) is 24.3. The molecule has 0 aliphatic heterocycles. The molecule has 41 heavy (non-hydrogen) atoms. The summed E-state index contributed by atoms with van der Waals surface area (Å²) in [7, 11) is 1.57. The first kappa shape index (κ1) is 30.0. The Balaban J connectivity index is 1.71. The molecule has 0 unspecified atom stereocenters. The van der Waals surface area contributed by atoms with Gasteiger partial charge in [0.25, 0.3) is 5.56 Å². The van der Waals surface area contributed by atoms with Crippen molar-refractivity contribution in [1.82, 2.24) is 19.9 Å². The molecule has 2 heterocycles. The molecule has 0 aliphatic carbocycles. The first-order valence-corrected chi connectivity index (χ1v) is 13.3. The van der Waals surface area contributed by atoms with Crippen LogP contribution < -0.4 is 20.3 Å². The van der Waals surface area contributed by atoms with Crippen LogP contribution in [0.3, 0.4) is 0 Å². The number of pyridine rings is 1. The number of hydrogen-bond acceptors (Lipinski definition) is 8. The lowest BCUT2D eigenvalue weighted by molar-refractivity contribution is -0.153. The first-order chi connectivity index (χ1) is 19.4. The van der Waals surface area contributed by atoms with Crippen LogP contribution in [0.1, 0.15) is 43.4 Å². The minimum atomic E-state index is -0.604. The summed E-state index contributed by atoms with van der Waals surface area (Å²) in [6.45, 7) is 7.52. The number of ether oxygens (including phenoxy) is 3. The molecule has 0 aliphatic rings. The molecule has 0 saturated carbocycles. The molecular formula is C30H32ClFN4O5. The lowest BCUT2D eigenvalue weighted by Gasteiger charge is -2.19. The van der Waals surface area contributed by atoms with E-state index in [0.717, 1.165) is 11.1 Å². The molecule has 0 saturated heterocycles. The maximum absolute atomic E-state index is 13.9. The number of fused-ring (bicyclic) bond motifs is 1. The topological polar surface area (TPSA) is 105 Å². The number of halogens is 2. The highest BCUT2D eigenvalue weighted by molar-refractivity contribution is 6.30. The van der Waals surface area contributed by atoms with Gasteiger partial charge in [-0.2, -0.15) is 0 Å². The van der Waals surface area contributed by atoms with Crippen LogP contribution in [0.4, 0.5) is 4.39 Å². The fourth-order valence-electron chi connectivity index (χ4n) is 4.18. The number of rotatable bonds is 10. The molecule has 0 amide bonds. The summed E-state index contributed by atoms with van der Waals surface area (Å²) >= 11 is 5.92. The van der Waals surface area contributed by atoms with Gasteiger partial charge >= 0.3 is 5.97 Å². The van der Waals surface area contributed by atoms with Crippen LogP contribution in [-0.2, 0) is 29.2 Å². The number of aryl methyl sites for hydroxylation is 1. The summed E-state index contributed by atoms with van der Waals surface area (Å²) in [6.07, 6.45) is 1.53. The van der Waals surface area contributed by atoms with Crippen molar-refractivity contribution in [3.8, 4) is 11.5 Å². The monoisotopic (exact) mass is 582 g/mol. The van der Waals surface area contributed by atoms with Crippen molar-refractivity contribution in [2.75, 3.05) is 13.7 Å². The molecule has 4 aromatic rings. The maximum atomic E-state index is 13.9. The second-order valence-corrected chi connectivity index (χ2v) is 10.9. The molecule has 0 atom stereocenters. The van der Waals surface area contributed by atoms with E-state index in [1.54, 1.807) is 33.9 Å². The van der Waals surface area contributed by atoms with Gasteiger partial charge in [-0.15, -0.1) is 0 Å². The molecule has 0 radical (unpaired) electrons. The van der Waals surface area contributed by atoms with Crippen molar-refractivity contribution in [3.05, 3.63) is 92.5 Å². The number of nitrogens with one attached hydrogen (secondary N) is 1. The molecule has 2 aromatic carbocycles. The molecule has 0 spiro atoms. The minimum Gasteiger partial charge on any atom is -0.496 e. The van der Waals surface area contributed by atoms with E-state index in [0.29, 0.717) is 33.9 Å². The molecule has 9 nitrogen and oxygen atoms in total. The van der Waals surface area contributed by atoms with Crippen molar-refractivity contribution >= 4 is 28.5 Å². The van der Waals surface area contributed by atoms with Crippen LogP contribution in [0.15, 0.2) is 53.5 Å². The van der Waals surface area contributed by atoms with Gasteiger partial charge in [0.05, 0.1) is 36.3 Å². The molecule has 0 fully saturated rings. The van der Waals surface area contributed by atoms with Crippen molar-refractivity contribution in [2.45, 2.75) is 53.0 Å². The summed E-state index contributed by atoms with van der Waals surface area (Å²) < 4.78 is 32.0.